The standard InChI is InChI=1S/C30H35BrClN3O4S/c1-5-6-16-33-30(37)23(4)34(19-24-8-7-9-25(31)17-24)29(36)20-35(26-13-12-22(3)28(32)18-26)40(38,39)27-14-10-21(2)11-15-27/h7-15,17-18,23H,5-6,16,19-20H2,1-4H3,(H,33,37)/t23-/m0/s1. The highest BCUT2D eigenvalue weighted by atomic mass is 79.9. The first kappa shape index (κ1) is 31.6. The molecule has 3 rings (SSSR count). The summed E-state index contributed by atoms with van der Waals surface area (Å²) in [5, 5.41) is 3.26. The lowest BCUT2D eigenvalue weighted by atomic mass is 10.1. The van der Waals surface area contributed by atoms with Gasteiger partial charge >= 0.3 is 0 Å². The second-order valence-electron chi connectivity index (χ2n) is 9.73. The van der Waals surface area contributed by atoms with Crippen molar-refractivity contribution in [3.8, 4) is 0 Å². The molecule has 0 saturated carbocycles. The van der Waals surface area contributed by atoms with Crippen molar-refractivity contribution in [3.05, 3.63) is 92.9 Å². The van der Waals surface area contributed by atoms with Crippen LogP contribution in [-0.2, 0) is 26.2 Å². The third-order valence-electron chi connectivity index (χ3n) is 6.57. The van der Waals surface area contributed by atoms with Crippen LogP contribution in [0.25, 0.3) is 0 Å². The number of carbonyl (C=O) groups excluding carboxylic acids is 2. The van der Waals surface area contributed by atoms with E-state index in [4.69, 9.17) is 11.6 Å². The highest BCUT2D eigenvalue weighted by Crippen LogP contribution is 2.29. The fourth-order valence-electron chi connectivity index (χ4n) is 4.05. The lowest BCUT2D eigenvalue weighted by Gasteiger charge is -2.32. The van der Waals surface area contributed by atoms with Crippen LogP contribution in [0.15, 0.2) is 76.1 Å². The fraction of sp³-hybridized carbons (Fsp3) is 0.333. The van der Waals surface area contributed by atoms with E-state index in [-0.39, 0.29) is 23.0 Å². The summed E-state index contributed by atoms with van der Waals surface area (Å²) in [6.07, 6.45) is 1.73. The van der Waals surface area contributed by atoms with E-state index < -0.39 is 28.5 Å². The molecule has 2 amide bonds. The third kappa shape index (κ3) is 8.08. The van der Waals surface area contributed by atoms with E-state index in [2.05, 4.69) is 21.2 Å². The molecule has 3 aromatic carbocycles. The predicted octanol–water partition coefficient (Wildman–Crippen LogP) is 6.25. The molecular formula is C30H35BrClN3O4S. The van der Waals surface area contributed by atoms with Crippen molar-refractivity contribution < 1.29 is 18.0 Å². The van der Waals surface area contributed by atoms with Crippen LogP contribution in [0, 0.1) is 13.8 Å². The lowest BCUT2D eigenvalue weighted by Crippen LogP contribution is -2.51. The summed E-state index contributed by atoms with van der Waals surface area (Å²) < 4.78 is 29.7. The molecule has 0 aromatic heterocycles. The van der Waals surface area contributed by atoms with Crippen LogP contribution in [0.3, 0.4) is 0 Å². The summed E-state index contributed by atoms with van der Waals surface area (Å²) in [4.78, 5) is 28.5. The number of unbranched alkanes of at least 4 members (excludes halogenated alkanes) is 1. The van der Waals surface area contributed by atoms with E-state index in [1.165, 1.54) is 23.1 Å². The molecule has 0 radical (unpaired) electrons. The van der Waals surface area contributed by atoms with E-state index in [1.54, 1.807) is 31.2 Å². The van der Waals surface area contributed by atoms with Gasteiger partial charge in [-0.05, 0) is 74.7 Å². The molecule has 1 N–H and O–H groups in total. The summed E-state index contributed by atoms with van der Waals surface area (Å²) in [5.41, 5.74) is 2.73. The highest BCUT2D eigenvalue weighted by molar-refractivity contribution is 9.10. The van der Waals surface area contributed by atoms with Crippen LogP contribution >= 0.6 is 27.5 Å². The first-order valence-corrected chi connectivity index (χ1v) is 15.7. The number of aryl methyl sites for hydroxylation is 2. The Hall–Kier alpha value is -2.88. The van der Waals surface area contributed by atoms with Gasteiger partial charge in [0.2, 0.25) is 11.8 Å². The summed E-state index contributed by atoms with van der Waals surface area (Å²) in [5.74, 6) is -0.825. The van der Waals surface area contributed by atoms with Crippen molar-refractivity contribution in [1.82, 2.24) is 10.2 Å². The van der Waals surface area contributed by atoms with Crippen LogP contribution in [0.2, 0.25) is 5.02 Å². The molecule has 1 atom stereocenters. The maximum Gasteiger partial charge on any atom is 0.264 e. The zero-order valence-electron chi connectivity index (χ0n) is 23.2. The summed E-state index contributed by atoms with van der Waals surface area (Å²) in [6.45, 7) is 7.45. The zero-order valence-corrected chi connectivity index (χ0v) is 26.3. The first-order valence-electron chi connectivity index (χ1n) is 13.1. The van der Waals surface area contributed by atoms with Crippen molar-refractivity contribution in [2.75, 3.05) is 17.4 Å². The predicted molar refractivity (Wildman–Crippen MR) is 164 cm³/mol. The van der Waals surface area contributed by atoms with Crippen LogP contribution in [0.5, 0.6) is 0 Å². The van der Waals surface area contributed by atoms with Crippen LogP contribution in [0.4, 0.5) is 5.69 Å². The van der Waals surface area contributed by atoms with Crippen LogP contribution in [-0.4, -0.2) is 44.3 Å². The van der Waals surface area contributed by atoms with Crippen LogP contribution in [0.1, 0.15) is 43.4 Å². The van der Waals surface area contributed by atoms with Gasteiger partial charge in [0.1, 0.15) is 12.6 Å². The van der Waals surface area contributed by atoms with Gasteiger partial charge in [-0.3, -0.25) is 13.9 Å². The minimum absolute atomic E-state index is 0.0477. The Bertz CT molecular complexity index is 1450. The van der Waals surface area contributed by atoms with E-state index >= 15 is 0 Å². The van der Waals surface area contributed by atoms with Crippen molar-refractivity contribution >= 4 is 55.1 Å². The topological polar surface area (TPSA) is 86.8 Å². The van der Waals surface area contributed by atoms with Crippen molar-refractivity contribution in [1.29, 1.82) is 0 Å². The molecule has 0 fully saturated rings. The number of benzene rings is 3. The summed E-state index contributed by atoms with van der Waals surface area (Å²) >= 11 is 9.83. The highest BCUT2D eigenvalue weighted by Gasteiger charge is 2.32. The Morgan fingerprint density at radius 2 is 1.73 bits per heavy atom. The molecule has 3 aromatic rings. The van der Waals surface area contributed by atoms with Gasteiger partial charge in [0, 0.05) is 22.6 Å². The quantitative estimate of drug-likeness (QED) is 0.235. The molecule has 0 aliphatic rings. The van der Waals surface area contributed by atoms with Gasteiger partial charge in [0.25, 0.3) is 10.0 Å². The minimum Gasteiger partial charge on any atom is -0.354 e. The van der Waals surface area contributed by atoms with E-state index in [0.29, 0.717) is 11.6 Å². The van der Waals surface area contributed by atoms with Crippen molar-refractivity contribution in [2.24, 2.45) is 0 Å². The number of nitrogens with zero attached hydrogens (tertiary/aromatic N) is 2. The Kier molecular flexibility index (Phi) is 11.2. The number of hydrogen-bond donors (Lipinski definition) is 1. The van der Waals surface area contributed by atoms with Gasteiger partial charge in [-0.15, -0.1) is 0 Å². The van der Waals surface area contributed by atoms with Gasteiger partial charge in [0.05, 0.1) is 10.6 Å². The SMILES string of the molecule is CCCCNC(=O)[C@H](C)N(Cc1cccc(Br)c1)C(=O)CN(c1ccc(C)c(Cl)c1)S(=O)(=O)c1ccc(C)cc1. The molecule has 10 heteroatoms. The summed E-state index contributed by atoms with van der Waals surface area (Å²) in [6, 6.07) is 17.9. The molecule has 0 heterocycles. The molecule has 214 valence electrons. The number of sulfonamides is 1. The zero-order chi connectivity index (χ0) is 29.4. The number of amides is 2. The average Bonchev–Trinajstić information content (AvgIpc) is 2.91. The van der Waals surface area contributed by atoms with E-state index in [9.17, 15) is 18.0 Å². The van der Waals surface area contributed by atoms with Gasteiger partial charge in [-0.25, -0.2) is 8.42 Å². The van der Waals surface area contributed by atoms with Gasteiger partial charge in [-0.1, -0.05) is 76.8 Å². The van der Waals surface area contributed by atoms with Gasteiger partial charge in [0.15, 0.2) is 0 Å². The fourth-order valence-corrected chi connectivity index (χ4v) is 6.08. The van der Waals surface area contributed by atoms with Gasteiger partial charge < -0.3 is 10.2 Å². The number of carbonyl (C=O) groups is 2. The Balaban J connectivity index is 2.03. The largest absolute Gasteiger partial charge is 0.354 e. The Morgan fingerprint density at radius 3 is 2.35 bits per heavy atom. The third-order valence-corrected chi connectivity index (χ3v) is 9.26. The number of anilines is 1. The van der Waals surface area contributed by atoms with Gasteiger partial charge in [-0.2, -0.15) is 0 Å². The Labute approximate surface area is 250 Å². The maximum absolute atomic E-state index is 14.0. The average molecular weight is 649 g/mol. The summed E-state index contributed by atoms with van der Waals surface area (Å²) in [7, 11) is -4.15. The first-order chi connectivity index (χ1) is 18.9. The molecule has 0 aliphatic heterocycles. The minimum atomic E-state index is -4.15. The Morgan fingerprint density at radius 1 is 1.02 bits per heavy atom. The molecule has 0 spiro atoms. The number of hydrogen-bond acceptors (Lipinski definition) is 4. The van der Waals surface area contributed by atoms with Crippen molar-refractivity contribution in [2.45, 2.75) is 58.0 Å². The molecule has 0 aliphatic carbocycles. The second kappa shape index (κ2) is 14.1. The molecule has 0 saturated heterocycles. The normalized spacial score (nSPS) is 12.1. The van der Waals surface area contributed by atoms with E-state index in [1.807, 2.05) is 45.0 Å². The smallest absolute Gasteiger partial charge is 0.264 e. The second-order valence-corrected chi connectivity index (χ2v) is 12.9. The lowest BCUT2D eigenvalue weighted by molar-refractivity contribution is -0.139. The molecular weight excluding hydrogens is 614 g/mol. The number of nitrogens with one attached hydrogen (secondary N) is 1. The van der Waals surface area contributed by atoms with Crippen molar-refractivity contribution in [3.63, 3.8) is 0 Å². The number of halogens is 2. The molecule has 7 nitrogen and oxygen atoms in total. The monoisotopic (exact) mass is 647 g/mol. The molecule has 0 bridgehead atoms. The molecule has 40 heavy (non-hydrogen) atoms. The molecule has 0 unspecified atom stereocenters. The van der Waals surface area contributed by atoms with E-state index in [0.717, 1.165) is 38.3 Å². The maximum atomic E-state index is 14.0. The van der Waals surface area contributed by atoms with Crippen LogP contribution < -0.4 is 9.62 Å². The number of rotatable bonds is 12.